The van der Waals surface area contributed by atoms with E-state index in [0.29, 0.717) is 19.4 Å². The Labute approximate surface area is 378 Å². The summed E-state index contributed by atoms with van der Waals surface area (Å²) < 4.78 is 5.43. The van der Waals surface area contributed by atoms with E-state index in [1.807, 2.05) is 6.08 Å². The fraction of sp³-hybridized carbons (Fsp3) is 0.818. The van der Waals surface area contributed by atoms with Gasteiger partial charge < -0.3 is 20.3 Å². The summed E-state index contributed by atoms with van der Waals surface area (Å²) in [6.07, 6.45) is 62.5. The molecule has 0 rings (SSSR count). The van der Waals surface area contributed by atoms with Gasteiger partial charge in [0, 0.05) is 12.8 Å². The first-order valence-electron chi connectivity index (χ1n) is 26.4. The molecule has 61 heavy (non-hydrogen) atoms. The number of aliphatic hydroxyl groups is 2. The molecule has 0 saturated heterocycles. The predicted molar refractivity (Wildman–Crippen MR) is 264 cm³/mol. The molecular formula is C55H101NO5. The van der Waals surface area contributed by atoms with Crippen molar-refractivity contribution in [3.63, 3.8) is 0 Å². The van der Waals surface area contributed by atoms with E-state index >= 15 is 0 Å². The highest BCUT2D eigenvalue weighted by molar-refractivity contribution is 5.76. The molecule has 0 radical (unpaired) electrons. The lowest BCUT2D eigenvalue weighted by Crippen LogP contribution is -2.45. The summed E-state index contributed by atoms with van der Waals surface area (Å²) in [6, 6.07) is -0.651. The first-order chi connectivity index (χ1) is 30.0. The molecular weight excluding hydrogens is 755 g/mol. The van der Waals surface area contributed by atoms with E-state index in [4.69, 9.17) is 4.74 Å². The lowest BCUT2D eigenvalue weighted by Gasteiger charge is -2.20. The van der Waals surface area contributed by atoms with Crippen molar-refractivity contribution in [3.8, 4) is 0 Å². The Kier molecular flexibility index (Phi) is 48.7. The Bertz CT molecular complexity index is 1040. The summed E-state index contributed by atoms with van der Waals surface area (Å²) >= 11 is 0. The Balaban J connectivity index is 3.58. The monoisotopic (exact) mass is 856 g/mol. The number of esters is 1. The lowest BCUT2D eigenvalue weighted by molar-refractivity contribution is -0.143. The van der Waals surface area contributed by atoms with Crippen LogP contribution in [0.3, 0.4) is 0 Å². The van der Waals surface area contributed by atoms with E-state index in [9.17, 15) is 19.8 Å². The Hall–Kier alpha value is -2.18. The molecule has 0 aliphatic heterocycles. The normalized spacial score (nSPS) is 13.0. The first kappa shape index (κ1) is 58.8. The molecule has 0 aromatic rings. The second-order valence-corrected chi connectivity index (χ2v) is 17.8. The number of aliphatic hydroxyl groups excluding tert-OH is 2. The number of ether oxygens (including phenoxy) is 1. The van der Waals surface area contributed by atoms with Crippen molar-refractivity contribution in [2.75, 3.05) is 13.2 Å². The van der Waals surface area contributed by atoms with Crippen LogP contribution in [-0.4, -0.2) is 47.4 Å². The number of unbranched alkanes of at least 4 members (excludes halogenated alkanes) is 31. The van der Waals surface area contributed by atoms with Crippen molar-refractivity contribution in [1.29, 1.82) is 0 Å². The third-order valence-corrected chi connectivity index (χ3v) is 11.8. The second kappa shape index (κ2) is 50.5. The van der Waals surface area contributed by atoms with Crippen LogP contribution < -0.4 is 5.32 Å². The molecule has 356 valence electrons. The van der Waals surface area contributed by atoms with Gasteiger partial charge in [-0.25, -0.2) is 0 Å². The molecule has 3 N–H and O–H groups in total. The van der Waals surface area contributed by atoms with Gasteiger partial charge in [0.05, 0.1) is 25.4 Å². The average molecular weight is 856 g/mol. The smallest absolute Gasteiger partial charge is 0.305 e. The van der Waals surface area contributed by atoms with Gasteiger partial charge in [0.1, 0.15) is 0 Å². The van der Waals surface area contributed by atoms with Crippen LogP contribution in [0.25, 0.3) is 0 Å². The minimum absolute atomic E-state index is 0.0476. The number of carbonyl (C=O) groups excluding carboxylic acids is 2. The molecule has 2 atom stereocenters. The Morgan fingerprint density at radius 3 is 1.30 bits per heavy atom. The van der Waals surface area contributed by atoms with Gasteiger partial charge in [-0.1, -0.05) is 210 Å². The molecule has 6 heteroatoms. The third-order valence-electron chi connectivity index (χ3n) is 11.8. The zero-order valence-electron chi connectivity index (χ0n) is 40.4. The zero-order valence-corrected chi connectivity index (χ0v) is 40.4. The van der Waals surface area contributed by atoms with Crippen LogP contribution in [0.4, 0.5) is 0 Å². The summed E-state index contributed by atoms with van der Waals surface area (Å²) in [5.41, 5.74) is 0. The van der Waals surface area contributed by atoms with Crippen LogP contribution in [0.1, 0.15) is 264 Å². The van der Waals surface area contributed by atoms with Gasteiger partial charge >= 0.3 is 5.97 Å². The predicted octanol–water partition coefficient (Wildman–Crippen LogP) is 15.8. The van der Waals surface area contributed by atoms with E-state index in [2.05, 4.69) is 55.6 Å². The summed E-state index contributed by atoms with van der Waals surface area (Å²) in [7, 11) is 0. The van der Waals surface area contributed by atoms with Crippen LogP contribution >= 0.6 is 0 Å². The highest BCUT2D eigenvalue weighted by atomic mass is 16.5. The molecule has 0 heterocycles. The highest BCUT2D eigenvalue weighted by Crippen LogP contribution is 2.15. The van der Waals surface area contributed by atoms with Crippen molar-refractivity contribution in [1.82, 2.24) is 5.32 Å². The molecule has 0 aliphatic rings. The first-order valence-corrected chi connectivity index (χ1v) is 26.4. The number of hydrogen-bond donors (Lipinski definition) is 3. The number of carbonyl (C=O) groups is 2. The average Bonchev–Trinajstić information content (AvgIpc) is 3.26. The summed E-state index contributed by atoms with van der Waals surface area (Å²) in [5, 5.41) is 23.1. The molecule has 0 bridgehead atoms. The lowest BCUT2D eigenvalue weighted by atomic mass is 10.0. The van der Waals surface area contributed by atoms with Crippen LogP contribution in [0.2, 0.25) is 0 Å². The fourth-order valence-corrected chi connectivity index (χ4v) is 7.71. The summed E-state index contributed by atoms with van der Waals surface area (Å²) in [4.78, 5) is 24.5. The maximum absolute atomic E-state index is 12.4. The van der Waals surface area contributed by atoms with Crippen LogP contribution in [-0.2, 0) is 14.3 Å². The molecule has 2 unspecified atom stereocenters. The maximum Gasteiger partial charge on any atom is 0.305 e. The SMILES string of the molecule is CCCCC/C=C\C/C=C\CCCCCCCC(=O)OCCCC/C=C\CCCCCCCC(=O)NC(CO)C(O)/C=C/CCCCCCCCCCCCCCCCCC. The standard InChI is InChI=1S/C55H101NO5/c1-3-5-7-9-11-13-15-17-19-20-21-23-24-27-31-35-39-43-47-53(58)52(51-57)56-54(59)48-44-40-36-32-28-26-30-34-38-42-46-50-61-55(60)49-45-41-37-33-29-25-22-18-16-14-12-10-8-6-4-2/h12,14,18,22,30,34,43,47,52-53,57-58H,3-11,13,15-17,19-21,23-29,31-33,35-42,44-46,48-51H2,1-2H3,(H,56,59)/b14-12-,22-18-,34-30-,47-43+. The number of rotatable bonds is 48. The second-order valence-electron chi connectivity index (χ2n) is 17.8. The van der Waals surface area contributed by atoms with Gasteiger partial charge in [0.15, 0.2) is 0 Å². The minimum Gasteiger partial charge on any atom is -0.466 e. The topological polar surface area (TPSA) is 95.9 Å². The van der Waals surface area contributed by atoms with Crippen molar-refractivity contribution >= 4 is 11.9 Å². The van der Waals surface area contributed by atoms with Crippen LogP contribution in [0.5, 0.6) is 0 Å². The van der Waals surface area contributed by atoms with Crippen molar-refractivity contribution in [3.05, 3.63) is 48.6 Å². The number of allylic oxidation sites excluding steroid dienone is 7. The van der Waals surface area contributed by atoms with Gasteiger partial charge in [0.25, 0.3) is 0 Å². The quantitative estimate of drug-likeness (QED) is 0.0322. The number of hydrogen-bond acceptors (Lipinski definition) is 5. The van der Waals surface area contributed by atoms with E-state index in [1.165, 1.54) is 141 Å². The van der Waals surface area contributed by atoms with E-state index < -0.39 is 12.1 Å². The van der Waals surface area contributed by atoms with Gasteiger partial charge in [-0.05, 0) is 89.9 Å². The van der Waals surface area contributed by atoms with Crippen LogP contribution in [0.15, 0.2) is 48.6 Å². The minimum atomic E-state index is -0.864. The van der Waals surface area contributed by atoms with Gasteiger partial charge in [-0.15, -0.1) is 0 Å². The largest absolute Gasteiger partial charge is 0.466 e. The molecule has 0 saturated carbocycles. The molecule has 0 aromatic carbocycles. The molecule has 1 amide bonds. The van der Waals surface area contributed by atoms with E-state index in [1.54, 1.807) is 6.08 Å². The van der Waals surface area contributed by atoms with E-state index in [0.717, 1.165) is 96.3 Å². The Morgan fingerprint density at radius 2 is 0.820 bits per heavy atom. The number of amides is 1. The molecule has 0 aromatic heterocycles. The fourth-order valence-electron chi connectivity index (χ4n) is 7.71. The van der Waals surface area contributed by atoms with Gasteiger partial charge in [0.2, 0.25) is 5.91 Å². The molecule has 0 aliphatic carbocycles. The highest BCUT2D eigenvalue weighted by Gasteiger charge is 2.18. The van der Waals surface area contributed by atoms with Gasteiger partial charge in [-0.3, -0.25) is 9.59 Å². The summed E-state index contributed by atoms with van der Waals surface area (Å²) in [5.74, 6) is -0.146. The van der Waals surface area contributed by atoms with Crippen LogP contribution in [0, 0.1) is 0 Å². The van der Waals surface area contributed by atoms with Crippen molar-refractivity contribution in [2.45, 2.75) is 276 Å². The molecule has 0 fully saturated rings. The Morgan fingerprint density at radius 1 is 0.459 bits per heavy atom. The number of nitrogens with one attached hydrogen (secondary N) is 1. The molecule has 6 nitrogen and oxygen atoms in total. The van der Waals surface area contributed by atoms with E-state index in [-0.39, 0.29) is 18.5 Å². The van der Waals surface area contributed by atoms with Crippen molar-refractivity contribution < 1.29 is 24.5 Å². The molecule has 0 spiro atoms. The third kappa shape index (κ3) is 47.1. The maximum atomic E-state index is 12.4. The van der Waals surface area contributed by atoms with Crippen molar-refractivity contribution in [2.24, 2.45) is 0 Å². The summed E-state index contributed by atoms with van der Waals surface area (Å²) in [6.45, 7) is 4.79. The van der Waals surface area contributed by atoms with Gasteiger partial charge in [-0.2, -0.15) is 0 Å². The zero-order chi connectivity index (χ0) is 44.4.